The van der Waals surface area contributed by atoms with E-state index >= 15 is 0 Å². The average molecular weight is 435 g/mol. The molecule has 0 spiro atoms. The van der Waals surface area contributed by atoms with Gasteiger partial charge in [0.1, 0.15) is 11.5 Å². The van der Waals surface area contributed by atoms with Gasteiger partial charge < -0.3 is 24.3 Å². The van der Waals surface area contributed by atoms with E-state index < -0.39 is 0 Å². The lowest BCUT2D eigenvalue weighted by Crippen LogP contribution is -2.11. The van der Waals surface area contributed by atoms with Crippen LogP contribution in [0.25, 0.3) is 0 Å². The third-order valence-corrected chi connectivity index (χ3v) is 3.93. The highest BCUT2D eigenvalue weighted by atomic mass is 16.7. The molecule has 7 heteroatoms. The van der Waals surface area contributed by atoms with Gasteiger partial charge in [-0.1, -0.05) is 12.1 Å². The number of aliphatic hydroxyl groups excluding tert-OH is 1. The third kappa shape index (κ3) is 15.0. The van der Waals surface area contributed by atoms with E-state index in [1.807, 2.05) is 51.2 Å². The minimum Gasteiger partial charge on any atom is -0.494 e. The second-order valence-electron chi connectivity index (χ2n) is 6.34. The van der Waals surface area contributed by atoms with E-state index in [9.17, 15) is 4.79 Å². The predicted octanol–water partition coefficient (Wildman–Crippen LogP) is 4.12. The van der Waals surface area contributed by atoms with Gasteiger partial charge in [0.2, 0.25) is 0 Å². The molecule has 0 radical (unpaired) electrons. The molecule has 0 aliphatic carbocycles. The van der Waals surface area contributed by atoms with Crippen LogP contribution in [0.15, 0.2) is 49.9 Å². The van der Waals surface area contributed by atoms with Crippen molar-refractivity contribution < 1.29 is 24.1 Å². The number of rotatable bonds is 13. The van der Waals surface area contributed by atoms with Crippen molar-refractivity contribution in [2.75, 3.05) is 26.4 Å². The lowest BCUT2D eigenvalue weighted by atomic mass is 10.1. The summed E-state index contributed by atoms with van der Waals surface area (Å²) in [5.74, 6) is 0.851. The Kier molecular flexibility index (Phi) is 17.9. The first-order chi connectivity index (χ1) is 15.1. The van der Waals surface area contributed by atoms with E-state index in [-0.39, 0.29) is 25.1 Å². The number of Topliss-reactive ketones (excluding diaryl/α,β-unsaturated/α-hetero) is 1. The number of carbonyl (C=O) groups excluding carboxylic acids is 1. The van der Waals surface area contributed by atoms with Crippen LogP contribution in [0, 0.1) is 0 Å². The van der Waals surface area contributed by atoms with Crippen LogP contribution in [0.3, 0.4) is 0 Å². The molecule has 7 nitrogen and oxygen atoms in total. The molecule has 0 unspecified atom stereocenters. The molecule has 0 bridgehead atoms. The summed E-state index contributed by atoms with van der Waals surface area (Å²) in [6, 6.07) is 7.52. The number of ketones is 1. The number of H-pyrrole nitrogens is 1. The molecule has 0 saturated heterocycles. The molecule has 0 fully saturated rings. The first-order valence-electron chi connectivity index (χ1n) is 10.6. The summed E-state index contributed by atoms with van der Waals surface area (Å²) in [5, 5.41) is 8.70. The number of hydrogen-bond donors (Lipinski definition) is 2. The van der Waals surface area contributed by atoms with E-state index in [0.29, 0.717) is 13.0 Å². The Hall–Kier alpha value is -2.48. The van der Waals surface area contributed by atoms with E-state index in [2.05, 4.69) is 23.1 Å². The Morgan fingerprint density at radius 2 is 1.81 bits per heavy atom. The molecule has 0 aliphatic heterocycles. The van der Waals surface area contributed by atoms with Crippen molar-refractivity contribution in [1.82, 2.24) is 9.97 Å². The molecule has 174 valence electrons. The maximum Gasteiger partial charge on any atom is 0.154 e. The second kappa shape index (κ2) is 19.5. The topological polar surface area (TPSA) is 93.7 Å². The van der Waals surface area contributed by atoms with Crippen molar-refractivity contribution in [3.8, 4) is 5.75 Å². The van der Waals surface area contributed by atoms with Crippen LogP contribution in [0.2, 0.25) is 0 Å². The molecule has 1 aromatic heterocycles. The van der Waals surface area contributed by atoms with Gasteiger partial charge in [-0.2, -0.15) is 0 Å². The predicted molar refractivity (Wildman–Crippen MR) is 123 cm³/mol. The first-order valence-corrected chi connectivity index (χ1v) is 10.6. The Morgan fingerprint density at radius 3 is 2.32 bits per heavy atom. The van der Waals surface area contributed by atoms with Crippen LogP contribution in [0.4, 0.5) is 0 Å². The van der Waals surface area contributed by atoms with E-state index in [1.54, 1.807) is 6.33 Å². The van der Waals surface area contributed by atoms with Crippen LogP contribution in [0.5, 0.6) is 5.75 Å². The second-order valence-corrected chi connectivity index (χ2v) is 6.34. The molecule has 2 aromatic rings. The van der Waals surface area contributed by atoms with Crippen LogP contribution in [-0.2, 0) is 27.1 Å². The Morgan fingerprint density at radius 1 is 1.16 bits per heavy atom. The SMILES string of the molecule is C=C.CCOC(C)OCC.O=C(CCO)Cc1ccc(OCCCc2cnc[nH]2)cc1. The average Bonchev–Trinajstić information content (AvgIpc) is 3.28. The number of imidazole rings is 1. The summed E-state index contributed by atoms with van der Waals surface area (Å²) < 4.78 is 15.8. The van der Waals surface area contributed by atoms with E-state index in [0.717, 1.165) is 43.1 Å². The van der Waals surface area contributed by atoms with Crippen molar-refractivity contribution in [2.24, 2.45) is 0 Å². The third-order valence-electron chi connectivity index (χ3n) is 3.93. The van der Waals surface area contributed by atoms with Crippen molar-refractivity contribution in [3.63, 3.8) is 0 Å². The highest BCUT2D eigenvalue weighted by Gasteiger charge is 2.03. The number of nitrogens with one attached hydrogen (secondary N) is 1. The maximum absolute atomic E-state index is 11.4. The molecular weight excluding hydrogens is 396 g/mol. The molecular formula is C24H38N2O5. The number of aromatic amines is 1. The van der Waals surface area contributed by atoms with Gasteiger partial charge in [-0.05, 0) is 51.3 Å². The van der Waals surface area contributed by atoms with Crippen LogP contribution in [0.1, 0.15) is 44.9 Å². The first kappa shape index (κ1) is 28.5. The summed E-state index contributed by atoms with van der Waals surface area (Å²) in [7, 11) is 0. The smallest absolute Gasteiger partial charge is 0.154 e. The number of ether oxygens (including phenoxy) is 3. The molecule has 0 saturated carbocycles. The molecule has 1 heterocycles. The zero-order valence-corrected chi connectivity index (χ0v) is 19.1. The Bertz CT molecular complexity index is 653. The van der Waals surface area contributed by atoms with E-state index in [1.165, 1.54) is 0 Å². The fourth-order valence-electron chi connectivity index (χ4n) is 2.54. The van der Waals surface area contributed by atoms with Gasteiger partial charge in [-0.25, -0.2) is 4.98 Å². The molecule has 2 N–H and O–H groups in total. The molecule has 0 atom stereocenters. The van der Waals surface area contributed by atoms with Gasteiger partial charge >= 0.3 is 0 Å². The number of aromatic nitrogens is 2. The summed E-state index contributed by atoms with van der Waals surface area (Å²) in [6.07, 6.45) is 5.86. The highest BCUT2D eigenvalue weighted by molar-refractivity contribution is 5.80. The summed E-state index contributed by atoms with van der Waals surface area (Å²) in [4.78, 5) is 18.4. The van der Waals surface area contributed by atoms with Crippen molar-refractivity contribution in [3.05, 3.63) is 61.2 Å². The van der Waals surface area contributed by atoms with Gasteiger partial charge in [0.15, 0.2) is 6.29 Å². The van der Waals surface area contributed by atoms with Crippen molar-refractivity contribution in [2.45, 2.75) is 52.7 Å². The normalized spacial score (nSPS) is 9.97. The van der Waals surface area contributed by atoms with Gasteiger partial charge in [0.25, 0.3) is 0 Å². The van der Waals surface area contributed by atoms with Crippen LogP contribution < -0.4 is 4.74 Å². The van der Waals surface area contributed by atoms with Crippen LogP contribution in [-0.4, -0.2) is 53.6 Å². The largest absolute Gasteiger partial charge is 0.494 e. The minimum absolute atomic E-state index is 0.0370. The van der Waals surface area contributed by atoms with Gasteiger partial charge in [0, 0.05) is 44.6 Å². The lowest BCUT2D eigenvalue weighted by molar-refractivity contribution is -0.123. The molecule has 0 amide bonds. The fraction of sp³-hybridized carbons (Fsp3) is 0.500. The van der Waals surface area contributed by atoms with Crippen LogP contribution >= 0.6 is 0 Å². The molecule has 31 heavy (non-hydrogen) atoms. The van der Waals surface area contributed by atoms with Gasteiger partial charge in [-0.15, -0.1) is 13.2 Å². The fourth-order valence-corrected chi connectivity index (χ4v) is 2.54. The molecule has 2 rings (SSSR count). The van der Waals surface area contributed by atoms with Crippen molar-refractivity contribution in [1.29, 1.82) is 0 Å². The zero-order chi connectivity index (χ0) is 23.3. The standard InChI is InChI=1S/C16H20N2O3.C6H14O2.C2H4/c19-8-7-15(20)10-13-3-5-16(6-4-13)21-9-1-2-14-11-17-12-18-14;1-4-7-6(3)8-5-2;1-2/h3-6,11-12,19H,1-2,7-10H2,(H,17,18);6H,4-5H2,1-3H3;1-2H2. The number of carbonyl (C=O) groups is 1. The molecule has 1 aromatic carbocycles. The van der Waals surface area contributed by atoms with E-state index in [4.69, 9.17) is 19.3 Å². The van der Waals surface area contributed by atoms with Crippen molar-refractivity contribution >= 4 is 5.78 Å². The lowest BCUT2D eigenvalue weighted by Gasteiger charge is -2.09. The summed E-state index contributed by atoms with van der Waals surface area (Å²) in [5.41, 5.74) is 2.05. The van der Waals surface area contributed by atoms with Gasteiger partial charge in [0.05, 0.1) is 12.9 Å². The summed E-state index contributed by atoms with van der Waals surface area (Å²) in [6.45, 7) is 13.8. The number of aryl methyl sites for hydroxylation is 1. The highest BCUT2D eigenvalue weighted by Crippen LogP contribution is 2.13. The number of hydrogen-bond acceptors (Lipinski definition) is 6. The minimum atomic E-state index is -0.0869. The number of nitrogens with zero attached hydrogens (tertiary/aromatic N) is 1. The monoisotopic (exact) mass is 434 g/mol. The molecule has 0 aliphatic rings. The van der Waals surface area contributed by atoms with Gasteiger partial charge in [-0.3, -0.25) is 4.79 Å². The Balaban J connectivity index is 0.000000762. The number of aliphatic hydroxyl groups is 1. The Labute approximate surface area is 186 Å². The summed E-state index contributed by atoms with van der Waals surface area (Å²) >= 11 is 0. The zero-order valence-electron chi connectivity index (χ0n) is 19.1. The quantitative estimate of drug-likeness (QED) is 0.280. The maximum atomic E-state index is 11.4. The number of benzene rings is 1.